The zero-order valence-corrected chi connectivity index (χ0v) is 13.0. The SMILES string of the molecule is O=C(O)C1CCc2cc(-c3ccccc3)ccc21.[H-].[Na+]. The van der Waals surface area contributed by atoms with Crippen molar-refractivity contribution >= 4 is 5.97 Å². The number of aryl methyl sites for hydroxylation is 1. The summed E-state index contributed by atoms with van der Waals surface area (Å²) in [6.07, 6.45) is 1.59. The maximum atomic E-state index is 11.1. The van der Waals surface area contributed by atoms with Gasteiger partial charge in [0.2, 0.25) is 0 Å². The first-order valence-electron chi connectivity index (χ1n) is 6.17. The van der Waals surface area contributed by atoms with Gasteiger partial charge in [-0.05, 0) is 35.1 Å². The molecule has 0 radical (unpaired) electrons. The molecule has 0 spiro atoms. The second kappa shape index (κ2) is 5.91. The molecule has 1 unspecified atom stereocenters. The van der Waals surface area contributed by atoms with Gasteiger partial charge in [-0.25, -0.2) is 0 Å². The Morgan fingerprint density at radius 2 is 1.84 bits per heavy atom. The zero-order chi connectivity index (χ0) is 12.5. The molecule has 3 heteroatoms. The van der Waals surface area contributed by atoms with Crippen LogP contribution in [-0.2, 0) is 11.2 Å². The van der Waals surface area contributed by atoms with Crippen LogP contribution in [0, 0.1) is 0 Å². The molecule has 19 heavy (non-hydrogen) atoms. The van der Waals surface area contributed by atoms with Crippen molar-refractivity contribution in [3.8, 4) is 11.1 Å². The van der Waals surface area contributed by atoms with E-state index in [4.69, 9.17) is 5.11 Å². The molecule has 0 heterocycles. The average Bonchev–Trinajstić information content (AvgIpc) is 2.82. The third-order valence-corrected chi connectivity index (χ3v) is 3.63. The fourth-order valence-corrected chi connectivity index (χ4v) is 2.68. The summed E-state index contributed by atoms with van der Waals surface area (Å²) in [5.41, 5.74) is 4.52. The average molecular weight is 262 g/mol. The normalized spacial score (nSPS) is 16.5. The molecule has 3 rings (SSSR count). The summed E-state index contributed by atoms with van der Waals surface area (Å²) in [5.74, 6) is -1.02. The molecule has 2 aromatic carbocycles. The Kier molecular flexibility index (Phi) is 4.46. The summed E-state index contributed by atoms with van der Waals surface area (Å²) in [6.45, 7) is 0. The summed E-state index contributed by atoms with van der Waals surface area (Å²) < 4.78 is 0. The van der Waals surface area contributed by atoms with Crippen molar-refractivity contribution < 1.29 is 40.9 Å². The number of hydrogen-bond donors (Lipinski definition) is 1. The Morgan fingerprint density at radius 3 is 2.53 bits per heavy atom. The Balaban J connectivity index is 0.000001000. The summed E-state index contributed by atoms with van der Waals surface area (Å²) in [7, 11) is 0. The molecule has 92 valence electrons. The Morgan fingerprint density at radius 1 is 1.11 bits per heavy atom. The summed E-state index contributed by atoms with van der Waals surface area (Å²) in [5, 5.41) is 9.15. The Hall–Kier alpha value is -1.09. The van der Waals surface area contributed by atoms with E-state index >= 15 is 0 Å². The maximum absolute atomic E-state index is 11.1. The minimum absolute atomic E-state index is 0. The number of benzene rings is 2. The van der Waals surface area contributed by atoms with Crippen molar-refractivity contribution in [2.45, 2.75) is 18.8 Å². The Labute approximate surface area is 136 Å². The van der Waals surface area contributed by atoms with Crippen LogP contribution >= 0.6 is 0 Å². The van der Waals surface area contributed by atoms with E-state index in [1.807, 2.05) is 30.3 Å². The maximum Gasteiger partial charge on any atom is 1.00 e. The first-order valence-corrected chi connectivity index (χ1v) is 6.17. The number of carbonyl (C=O) groups is 1. The molecule has 0 fully saturated rings. The van der Waals surface area contributed by atoms with Gasteiger partial charge in [0.1, 0.15) is 0 Å². The molecule has 1 aliphatic rings. The fourth-order valence-electron chi connectivity index (χ4n) is 2.68. The monoisotopic (exact) mass is 262 g/mol. The van der Waals surface area contributed by atoms with Gasteiger partial charge in [-0.3, -0.25) is 4.79 Å². The van der Waals surface area contributed by atoms with Crippen LogP contribution in [0.4, 0.5) is 0 Å². The van der Waals surface area contributed by atoms with E-state index in [0.29, 0.717) is 0 Å². The van der Waals surface area contributed by atoms with Crippen LogP contribution in [0.3, 0.4) is 0 Å². The molecule has 1 atom stereocenters. The molecule has 0 aromatic heterocycles. The molecule has 1 N–H and O–H groups in total. The molecular formula is C16H15NaO2. The first kappa shape index (κ1) is 14.3. The topological polar surface area (TPSA) is 37.3 Å². The zero-order valence-electron chi connectivity index (χ0n) is 12.0. The first-order chi connectivity index (χ1) is 8.75. The Bertz CT molecular complexity index is 599. The molecule has 1 aliphatic carbocycles. The largest absolute Gasteiger partial charge is 1.00 e. The van der Waals surface area contributed by atoms with Gasteiger partial charge in [0.15, 0.2) is 0 Å². The van der Waals surface area contributed by atoms with E-state index < -0.39 is 5.97 Å². The number of fused-ring (bicyclic) bond motifs is 1. The summed E-state index contributed by atoms with van der Waals surface area (Å²) in [6, 6.07) is 16.3. The van der Waals surface area contributed by atoms with Crippen molar-refractivity contribution in [2.24, 2.45) is 0 Å². The van der Waals surface area contributed by atoms with Crippen LogP contribution in [0.15, 0.2) is 48.5 Å². The quantitative estimate of drug-likeness (QED) is 0.804. The van der Waals surface area contributed by atoms with Crippen molar-refractivity contribution in [1.29, 1.82) is 0 Å². The van der Waals surface area contributed by atoms with Gasteiger partial charge < -0.3 is 6.53 Å². The van der Waals surface area contributed by atoms with Crippen LogP contribution in [0.5, 0.6) is 0 Å². The standard InChI is InChI=1S/C16H14O2.Na.H/c17-16(18)15-9-7-13-10-12(6-8-14(13)15)11-4-2-1-3-5-11;;/h1-6,8,10,15H,7,9H2,(H,17,18);;/q;+1;-1. The second-order valence-corrected chi connectivity index (χ2v) is 4.71. The summed E-state index contributed by atoms with van der Waals surface area (Å²) in [4.78, 5) is 11.1. The number of carboxylic acids is 1. The predicted molar refractivity (Wildman–Crippen MR) is 71.7 cm³/mol. The molecular weight excluding hydrogens is 247 g/mol. The third kappa shape index (κ3) is 2.76. The predicted octanol–water partition coefficient (Wildman–Crippen LogP) is 0.584. The van der Waals surface area contributed by atoms with Crippen molar-refractivity contribution in [1.82, 2.24) is 0 Å². The third-order valence-electron chi connectivity index (χ3n) is 3.63. The van der Waals surface area contributed by atoms with Crippen LogP contribution in [0.2, 0.25) is 0 Å². The van der Waals surface area contributed by atoms with Gasteiger partial charge in [0.05, 0.1) is 5.92 Å². The second-order valence-electron chi connectivity index (χ2n) is 4.71. The van der Waals surface area contributed by atoms with E-state index in [-0.39, 0.29) is 36.9 Å². The van der Waals surface area contributed by atoms with Crippen LogP contribution in [-0.4, -0.2) is 11.1 Å². The van der Waals surface area contributed by atoms with Crippen molar-refractivity contribution in [2.75, 3.05) is 0 Å². The minimum atomic E-state index is -0.707. The van der Waals surface area contributed by atoms with E-state index in [1.165, 1.54) is 16.7 Å². The molecule has 2 aromatic rings. The molecule has 0 saturated carbocycles. The number of rotatable bonds is 2. The van der Waals surface area contributed by atoms with E-state index in [2.05, 4.69) is 18.2 Å². The number of aliphatic carboxylic acids is 1. The van der Waals surface area contributed by atoms with Gasteiger partial charge >= 0.3 is 35.5 Å². The van der Waals surface area contributed by atoms with Gasteiger partial charge in [-0.15, -0.1) is 0 Å². The van der Waals surface area contributed by atoms with E-state index in [9.17, 15) is 4.79 Å². The van der Waals surface area contributed by atoms with Crippen LogP contribution in [0.1, 0.15) is 24.9 Å². The van der Waals surface area contributed by atoms with Crippen LogP contribution in [0.25, 0.3) is 11.1 Å². The van der Waals surface area contributed by atoms with Crippen molar-refractivity contribution in [3.05, 3.63) is 59.7 Å². The van der Waals surface area contributed by atoms with E-state index in [1.54, 1.807) is 0 Å². The van der Waals surface area contributed by atoms with E-state index in [0.717, 1.165) is 18.4 Å². The molecule has 2 nitrogen and oxygen atoms in total. The fraction of sp³-hybridized carbons (Fsp3) is 0.188. The molecule has 0 aliphatic heterocycles. The molecule has 0 amide bonds. The minimum Gasteiger partial charge on any atom is -1.00 e. The van der Waals surface area contributed by atoms with Gasteiger partial charge in [-0.2, -0.15) is 0 Å². The number of carboxylic acid groups (broad SMARTS) is 1. The summed E-state index contributed by atoms with van der Waals surface area (Å²) >= 11 is 0. The molecule has 0 saturated heterocycles. The van der Waals surface area contributed by atoms with Gasteiger partial charge in [0, 0.05) is 0 Å². The van der Waals surface area contributed by atoms with Crippen LogP contribution < -0.4 is 29.6 Å². The smallest absolute Gasteiger partial charge is 1.00 e. The van der Waals surface area contributed by atoms with Crippen molar-refractivity contribution in [3.63, 3.8) is 0 Å². The van der Waals surface area contributed by atoms with Gasteiger partial charge in [0.25, 0.3) is 0 Å². The number of hydrogen-bond acceptors (Lipinski definition) is 1. The van der Waals surface area contributed by atoms with Gasteiger partial charge in [-0.1, -0.05) is 48.5 Å². The molecule has 0 bridgehead atoms.